The van der Waals surface area contributed by atoms with Crippen LogP contribution in [0.2, 0.25) is 0 Å². The van der Waals surface area contributed by atoms with Gasteiger partial charge in [-0.2, -0.15) is 0 Å². The summed E-state index contributed by atoms with van der Waals surface area (Å²) >= 11 is 0. The van der Waals surface area contributed by atoms with Crippen molar-refractivity contribution in [2.45, 2.75) is 58.0 Å². The minimum Gasteiger partial charge on any atom is -0.357 e. The van der Waals surface area contributed by atoms with E-state index in [4.69, 9.17) is 0 Å². The van der Waals surface area contributed by atoms with Crippen LogP contribution >= 0.6 is 0 Å². The normalized spacial score (nSPS) is 12.0. The zero-order valence-electron chi connectivity index (χ0n) is 22.8. The average molecular weight is 536 g/mol. The number of sulfonamides is 1. The highest BCUT2D eigenvalue weighted by Gasteiger charge is 2.34. The van der Waals surface area contributed by atoms with E-state index in [1.54, 1.807) is 36.4 Å². The number of hydrogen-bond donors (Lipinski definition) is 1. The third-order valence-electron chi connectivity index (χ3n) is 6.60. The summed E-state index contributed by atoms with van der Waals surface area (Å²) in [5.41, 5.74) is 4.08. The predicted octanol–water partition coefficient (Wildman–Crippen LogP) is 4.61. The van der Waals surface area contributed by atoms with E-state index >= 15 is 0 Å². The topological polar surface area (TPSA) is 86.8 Å². The largest absolute Gasteiger partial charge is 0.357 e. The van der Waals surface area contributed by atoms with Gasteiger partial charge in [0.1, 0.15) is 12.6 Å². The molecule has 3 aromatic carbocycles. The van der Waals surface area contributed by atoms with Gasteiger partial charge in [-0.15, -0.1) is 0 Å². The first-order valence-corrected chi connectivity index (χ1v) is 14.3. The molecule has 3 rings (SSSR count). The summed E-state index contributed by atoms with van der Waals surface area (Å²) in [5.74, 6) is -0.751. The van der Waals surface area contributed by atoms with Crippen LogP contribution in [0.15, 0.2) is 77.7 Å². The Bertz CT molecular complexity index is 1370. The van der Waals surface area contributed by atoms with Crippen molar-refractivity contribution in [2.24, 2.45) is 0 Å². The zero-order chi connectivity index (χ0) is 27.9. The van der Waals surface area contributed by atoms with Crippen molar-refractivity contribution >= 4 is 27.5 Å². The summed E-state index contributed by atoms with van der Waals surface area (Å²) in [7, 11) is -2.55. The van der Waals surface area contributed by atoms with Gasteiger partial charge in [-0.05, 0) is 56.0 Å². The minimum atomic E-state index is -4.08. The molecule has 0 aromatic heterocycles. The number of amides is 2. The number of aryl methyl sites for hydroxylation is 3. The monoisotopic (exact) mass is 535 g/mol. The van der Waals surface area contributed by atoms with E-state index in [-0.39, 0.29) is 17.3 Å². The molecule has 0 fully saturated rings. The summed E-state index contributed by atoms with van der Waals surface area (Å²) in [5, 5.41) is 2.65. The van der Waals surface area contributed by atoms with Gasteiger partial charge in [0, 0.05) is 13.6 Å². The Hall–Kier alpha value is -3.65. The van der Waals surface area contributed by atoms with Gasteiger partial charge in [-0.25, -0.2) is 8.42 Å². The van der Waals surface area contributed by atoms with Crippen LogP contribution in [0.5, 0.6) is 0 Å². The summed E-state index contributed by atoms with van der Waals surface area (Å²) in [6, 6.07) is 20.8. The molecule has 7 nitrogen and oxygen atoms in total. The Kier molecular flexibility index (Phi) is 9.69. The van der Waals surface area contributed by atoms with Crippen molar-refractivity contribution in [3.8, 4) is 0 Å². The van der Waals surface area contributed by atoms with E-state index in [0.717, 1.165) is 22.3 Å². The molecule has 0 heterocycles. The number of carbonyl (C=O) groups is 2. The fourth-order valence-electron chi connectivity index (χ4n) is 4.50. The van der Waals surface area contributed by atoms with E-state index in [1.807, 2.05) is 64.1 Å². The van der Waals surface area contributed by atoms with E-state index in [9.17, 15) is 18.0 Å². The maximum atomic E-state index is 14.0. The Morgan fingerprint density at radius 2 is 1.58 bits per heavy atom. The second-order valence-electron chi connectivity index (χ2n) is 9.36. The quantitative estimate of drug-likeness (QED) is 0.388. The fourth-order valence-corrected chi connectivity index (χ4v) is 5.95. The van der Waals surface area contributed by atoms with Crippen molar-refractivity contribution in [2.75, 3.05) is 17.9 Å². The smallest absolute Gasteiger partial charge is 0.264 e. The molecule has 1 atom stereocenters. The van der Waals surface area contributed by atoms with E-state index < -0.39 is 28.5 Å². The zero-order valence-corrected chi connectivity index (χ0v) is 23.6. The molecule has 0 aliphatic rings. The number of anilines is 1. The molecule has 0 radical (unpaired) electrons. The molecule has 0 spiro atoms. The van der Waals surface area contributed by atoms with Crippen LogP contribution in [0.25, 0.3) is 0 Å². The average Bonchev–Trinajstić information content (AvgIpc) is 2.91. The number of carbonyl (C=O) groups excluding carboxylic acids is 2. The summed E-state index contributed by atoms with van der Waals surface area (Å²) in [6.07, 6.45) is 0.973. The number of likely N-dealkylation sites (N-methyl/N-ethyl adjacent to an activating group) is 1. The lowest BCUT2D eigenvalue weighted by Gasteiger charge is -2.33. The summed E-state index contributed by atoms with van der Waals surface area (Å²) in [6.45, 7) is 7.37. The highest BCUT2D eigenvalue weighted by atomic mass is 32.2. The van der Waals surface area contributed by atoms with E-state index in [1.165, 1.54) is 16.3 Å². The van der Waals surface area contributed by atoms with Gasteiger partial charge in [-0.1, -0.05) is 79.6 Å². The standard InChI is InChI=1S/C30H37N3O4S/c1-6-25-13-8-9-14-28(25)33(38(36,37)26-17-15-22(3)16-18-26)21-29(34)32(27(7-2)30(35)31-5)20-24-12-10-11-23(4)19-24/h8-19,27H,6-7,20-21H2,1-5H3,(H,31,35). The van der Waals surface area contributed by atoms with Gasteiger partial charge in [0.25, 0.3) is 10.0 Å². The van der Waals surface area contributed by atoms with Gasteiger partial charge >= 0.3 is 0 Å². The third kappa shape index (κ3) is 6.61. The molecule has 2 amide bonds. The highest BCUT2D eigenvalue weighted by Crippen LogP contribution is 2.28. The van der Waals surface area contributed by atoms with Crippen LogP contribution in [0, 0.1) is 13.8 Å². The lowest BCUT2D eigenvalue weighted by Crippen LogP contribution is -2.51. The van der Waals surface area contributed by atoms with E-state index in [2.05, 4.69) is 5.32 Å². The number of para-hydroxylation sites is 1. The molecule has 3 aromatic rings. The Morgan fingerprint density at radius 1 is 0.895 bits per heavy atom. The lowest BCUT2D eigenvalue weighted by atomic mass is 10.1. The van der Waals surface area contributed by atoms with Crippen LogP contribution in [0.1, 0.15) is 42.5 Å². The molecule has 0 aliphatic heterocycles. The Labute approximate surface area is 226 Å². The Morgan fingerprint density at radius 3 is 2.18 bits per heavy atom. The van der Waals surface area contributed by atoms with Gasteiger partial charge in [0.05, 0.1) is 10.6 Å². The molecule has 1 N–H and O–H groups in total. The SMILES string of the molecule is CCc1ccccc1N(CC(=O)N(Cc1cccc(C)c1)C(CC)C(=O)NC)S(=O)(=O)c1ccc(C)cc1. The van der Waals surface area contributed by atoms with Crippen molar-refractivity contribution in [3.63, 3.8) is 0 Å². The molecular formula is C30H37N3O4S. The molecule has 0 saturated carbocycles. The molecule has 0 bridgehead atoms. The van der Waals surface area contributed by atoms with Crippen molar-refractivity contribution in [3.05, 3.63) is 95.1 Å². The number of nitrogens with one attached hydrogen (secondary N) is 1. The summed E-state index contributed by atoms with van der Waals surface area (Å²) in [4.78, 5) is 28.4. The molecule has 38 heavy (non-hydrogen) atoms. The number of rotatable bonds is 11. The third-order valence-corrected chi connectivity index (χ3v) is 8.37. The predicted molar refractivity (Wildman–Crippen MR) is 151 cm³/mol. The first-order valence-electron chi connectivity index (χ1n) is 12.9. The molecule has 8 heteroatoms. The van der Waals surface area contributed by atoms with Crippen LogP contribution in [0.4, 0.5) is 5.69 Å². The maximum Gasteiger partial charge on any atom is 0.264 e. The van der Waals surface area contributed by atoms with Crippen molar-refractivity contribution < 1.29 is 18.0 Å². The number of hydrogen-bond acceptors (Lipinski definition) is 4. The van der Waals surface area contributed by atoms with Crippen molar-refractivity contribution in [1.82, 2.24) is 10.2 Å². The molecular weight excluding hydrogens is 498 g/mol. The Balaban J connectivity index is 2.10. The van der Waals surface area contributed by atoms with Gasteiger partial charge < -0.3 is 10.2 Å². The molecule has 0 saturated heterocycles. The summed E-state index contributed by atoms with van der Waals surface area (Å²) < 4.78 is 29.1. The van der Waals surface area contributed by atoms with E-state index in [0.29, 0.717) is 18.5 Å². The fraction of sp³-hybridized carbons (Fsp3) is 0.333. The molecule has 1 unspecified atom stereocenters. The first kappa shape index (κ1) is 28.9. The van der Waals surface area contributed by atoms with Crippen LogP contribution < -0.4 is 9.62 Å². The van der Waals surface area contributed by atoms with Gasteiger partial charge in [0.15, 0.2) is 0 Å². The number of benzene rings is 3. The van der Waals surface area contributed by atoms with Gasteiger partial charge in [0.2, 0.25) is 11.8 Å². The van der Waals surface area contributed by atoms with Crippen LogP contribution in [0.3, 0.4) is 0 Å². The lowest BCUT2D eigenvalue weighted by molar-refractivity contribution is -0.140. The number of nitrogens with zero attached hydrogens (tertiary/aromatic N) is 2. The van der Waals surface area contributed by atoms with Gasteiger partial charge in [-0.3, -0.25) is 13.9 Å². The van der Waals surface area contributed by atoms with Crippen molar-refractivity contribution in [1.29, 1.82) is 0 Å². The molecule has 0 aliphatic carbocycles. The maximum absolute atomic E-state index is 14.0. The van der Waals surface area contributed by atoms with Crippen LogP contribution in [-0.2, 0) is 32.6 Å². The second-order valence-corrected chi connectivity index (χ2v) is 11.2. The van der Waals surface area contributed by atoms with Crippen LogP contribution in [-0.4, -0.2) is 44.8 Å². The second kappa shape index (κ2) is 12.7. The molecule has 202 valence electrons. The minimum absolute atomic E-state index is 0.102. The first-order chi connectivity index (χ1) is 18.1. The highest BCUT2D eigenvalue weighted by molar-refractivity contribution is 7.92.